The predicted octanol–water partition coefficient (Wildman–Crippen LogP) is 4.46. The first-order valence-corrected chi connectivity index (χ1v) is 6.31. The molecule has 0 spiro atoms. The second-order valence-corrected chi connectivity index (χ2v) is 4.43. The highest BCUT2D eigenvalue weighted by molar-refractivity contribution is 5.87. The molecule has 0 aliphatic carbocycles. The van der Waals surface area contributed by atoms with Crippen LogP contribution in [0.15, 0.2) is 60.8 Å². The van der Waals surface area contributed by atoms with E-state index in [1.807, 2.05) is 24.4 Å². The maximum atomic E-state index is 4.59. The molecule has 0 fully saturated rings. The molecule has 0 saturated heterocycles. The number of aromatic nitrogens is 1. The zero-order valence-corrected chi connectivity index (χ0v) is 10.4. The number of hydrogen-bond acceptors (Lipinski definition) is 1. The maximum absolute atomic E-state index is 4.59. The van der Waals surface area contributed by atoms with Crippen LogP contribution in [0.1, 0.15) is 12.5 Å². The molecule has 88 valence electrons. The van der Waals surface area contributed by atoms with Gasteiger partial charge in [-0.25, -0.2) is 0 Å². The van der Waals surface area contributed by atoms with Crippen molar-refractivity contribution in [3.63, 3.8) is 0 Å². The lowest BCUT2D eigenvalue weighted by Gasteiger charge is -2.06. The zero-order chi connectivity index (χ0) is 12.4. The van der Waals surface area contributed by atoms with Gasteiger partial charge in [-0.15, -0.1) is 0 Å². The van der Waals surface area contributed by atoms with Gasteiger partial charge in [0.15, 0.2) is 0 Å². The Hall–Kier alpha value is -2.15. The molecule has 1 heteroatoms. The van der Waals surface area contributed by atoms with E-state index in [0.717, 1.165) is 12.1 Å². The van der Waals surface area contributed by atoms with Gasteiger partial charge in [0.25, 0.3) is 0 Å². The minimum Gasteiger partial charge on any atom is -0.256 e. The highest BCUT2D eigenvalue weighted by atomic mass is 14.7. The molecule has 1 heterocycles. The number of pyridine rings is 1. The number of nitrogens with zero attached hydrogens (tertiary/aromatic N) is 1. The summed E-state index contributed by atoms with van der Waals surface area (Å²) in [6.07, 6.45) is 3.04. The van der Waals surface area contributed by atoms with Crippen molar-refractivity contribution >= 4 is 10.8 Å². The summed E-state index contributed by atoms with van der Waals surface area (Å²) >= 11 is 0. The van der Waals surface area contributed by atoms with Crippen LogP contribution >= 0.6 is 0 Å². The summed E-state index contributed by atoms with van der Waals surface area (Å²) in [6.45, 7) is 2.18. The van der Waals surface area contributed by atoms with Gasteiger partial charge < -0.3 is 0 Å². The van der Waals surface area contributed by atoms with E-state index in [4.69, 9.17) is 0 Å². The van der Waals surface area contributed by atoms with Gasteiger partial charge in [-0.2, -0.15) is 0 Å². The van der Waals surface area contributed by atoms with E-state index < -0.39 is 0 Å². The third-order valence-corrected chi connectivity index (χ3v) is 3.31. The largest absolute Gasteiger partial charge is 0.256 e. The first kappa shape index (κ1) is 11.0. The molecule has 0 amide bonds. The number of aryl methyl sites for hydroxylation is 1. The van der Waals surface area contributed by atoms with Gasteiger partial charge in [-0.3, -0.25) is 4.98 Å². The summed E-state index contributed by atoms with van der Waals surface area (Å²) in [4.78, 5) is 4.59. The summed E-state index contributed by atoms with van der Waals surface area (Å²) in [5.74, 6) is 0. The highest BCUT2D eigenvalue weighted by Crippen LogP contribution is 2.24. The molecule has 0 radical (unpaired) electrons. The molecule has 0 aliphatic rings. The Balaban J connectivity index is 2.18. The lowest BCUT2D eigenvalue weighted by atomic mass is 10.0. The Labute approximate surface area is 107 Å². The van der Waals surface area contributed by atoms with Gasteiger partial charge in [-0.05, 0) is 23.4 Å². The van der Waals surface area contributed by atoms with E-state index in [0.29, 0.717) is 0 Å². The lowest BCUT2D eigenvalue weighted by Crippen LogP contribution is -1.87. The molecule has 2 aromatic carbocycles. The molecule has 0 bridgehead atoms. The molecular weight excluding hydrogens is 218 g/mol. The van der Waals surface area contributed by atoms with Crippen LogP contribution in [-0.4, -0.2) is 4.98 Å². The van der Waals surface area contributed by atoms with Gasteiger partial charge >= 0.3 is 0 Å². The van der Waals surface area contributed by atoms with Crippen molar-refractivity contribution in [2.75, 3.05) is 0 Å². The first-order chi connectivity index (χ1) is 8.88. The van der Waals surface area contributed by atoms with Crippen LogP contribution in [0, 0.1) is 0 Å². The Morgan fingerprint density at radius 2 is 1.78 bits per heavy atom. The molecule has 0 unspecified atom stereocenters. The van der Waals surface area contributed by atoms with E-state index >= 15 is 0 Å². The van der Waals surface area contributed by atoms with E-state index in [1.54, 1.807) is 0 Å². The molecule has 0 aliphatic heterocycles. The average Bonchev–Trinajstić information content (AvgIpc) is 2.47. The number of fused-ring (bicyclic) bond motifs is 1. The number of benzene rings is 2. The van der Waals surface area contributed by atoms with Crippen molar-refractivity contribution < 1.29 is 0 Å². The van der Waals surface area contributed by atoms with Crippen molar-refractivity contribution in [3.05, 3.63) is 66.4 Å². The molecule has 0 atom stereocenters. The fourth-order valence-corrected chi connectivity index (χ4v) is 2.31. The van der Waals surface area contributed by atoms with Crippen molar-refractivity contribution in [1.82, 2.24) is 4.98 Å². The fraction of sp³-hybridized carbons (Fsp3) is 0.118. The van der Waals surface area contributed by atoms with Crippen LogP contribution in [0.2, 0.25) is 0 Å². The fourth-order valence-electron chi connectivity index (χ4n) is 2.31. The molecule has 3 aromatic rings. The van der Waals surface area contributed by atoms with Gasteiger partial charge in [0, 0.05) is 17.1 Å². The topological polar surface area (TPSA) is 12.9 Å². The second kappa shape index (κ2) is 4.61. The van der Waals surface area contributed by atoms with Crippen LogP contribution < -0.4 is 0 Å². The molecule has 3 rings (SSSR count). The van der Waals surface area contributed by atoms with Crippen LogP contribution in [0.4, 0.5) is 0 Å². The third-order valence-electron chi connectivity index (χ3n) is 3.31. The van der Waals surface area contributed by atoms with Gasteiger partial charge in [0.1, 0.15) is 0 Å². The quantitative estimate of drug-likeness (QED) is 0.636. The van der Waals surface area contributed by atoms with E-state index in [1.165, 1.54) is 21.9 Å². The smallest absolute Gasteiger partial charge is 0.0708 e. The molecule has 0 saturated carbocycles. The zero-order valence-electron chi connectivity index (χ0n) is 10.4. The SMILES string of the molecule is CCc1cccc2cc(-c3ccccc3)ncc12. The van der Waals surface area contributed by atoms with Gasteiger partial charge in [-0.1, -0.05) is 55.5 Å². The summed E-state index contributed by atoms with van der Waals surface area (Å²) in [5.41, 5.74) is 3.57. The summed E-state index contributed by atoms with van der Waals surface area (Å²) < 4.78 is 0. The third kappa shape index (κ3) is 1.88. The highest BCUT2D eigenvalue weighted by Gasteiger charge is 2.03. The Bertz CT molecular complexity index is 672. The summed E-state index contributed by atoms with van der Waals surface area (Å²) in [5, 5.41) is 2.53. The Morgan fingerprint density at radius 1 is 0.944 bits per heavy atom. The van der Waals surface area contributed by atoms with Crippen LogP contribution in [-0.2, 0) is 6.42 Å². The van der Waals surface area contributed by atoms with E-state index in [-0.39, 0.29) is 0 Å². The lowest BCUT2D eigenvalue weighted by molar-refractivity contribution is 1.15. The minimum absolute atomic E-state index is 1.04. The monoisotopic (exact) mass is 233 g/mol. The second-order valence-electron chi connectivity index (χ2n) is 4.43. The van der Waals surface area contributed by atoms with Crippen LogP contribution in [0.5, 0.6) is 0 Å². The molecule has 1 nitrogen and oxygen atoms in total. The van der Waals surface area contributed by atoms with Crippen LogP contribution in [0.25, 0.3) is 22.0 Å². The number of rotatable bonds is 2. The Kier molecular flexibility index (Phi) is 2.81. The van der Waals surface area contributed by atoms with Crippen molar-refractivity contribution in [2.24, 2.45) is 0 Å². The summed E-state index contributed by atoms with van der Waals surface area (Å²) in [7, 11) is 0. The maximum Gasteiger partial charge on any atom is 0.0708 e. The predicted molar refractivity (Wildman–Crippen MR) is 76.6 cm³/mol. The van der Waals surface area contributed by atoms with Crippen molar-refractivity contribution in [3.8, 4) is 11.3 Å². The first-order valence-electron chi connectivity index (χ1n) is 6.31. The Morgan fingerprint density at radius 3 is 2.56 bits per heavy atom. The summed E-state index contributed by atoms with van der Waals surface area (Å²) in [6, 6.07) is 18.9. The van der Waals surface area contributed by atoms with Crippen LogP contribution in [0.3, 0.4) is 0 Å². The standard InChI is InChI=1S/C17H15N/c1-2-13-9-6-10-15-11-17(18-12-16(13)15)14-7-4-3-5-8-14/h3-12H,2H2,1H3. The molecular formula is C17H15N. The van der Waals surface area contributed by atoms with Crippen molar-refractivity contribution in [2.45, 2.75) is 13.3 Å². The molecule has 0 N–H and O–H groups in total. The number of hydrogen-bond donors (Lipinski definition) is 0. The molecule has 18 heavy (non-hydrogen) atoms. The average molecular weight is 233 g/mol. The van der Waals surface area contributed by atoms with Crippen molar-refractivity contribution in [1.29, 1.82) is 0 Å². The van der Waals surface area contributed by atoms with E-state index in [9.17, 15) is 0 Å². The normalized spacial score (nSPS) is 10.7. The van der Waals surface area contributed by atoms with E-state index in [2.05, 4.69) is 48.3 Å². The minimum atomic E-state index is 1.04. The van der Waals surface area contributed by atoms with Gasteiger partial charge in [0.05, 0.1) is 5.69 Å². The molecule has 1 aromatic heterocycles. The van der Waals surface area contributed by atoms with Gasteiger partial charge in [0.2, 0.25) is 0 Å².